The monoisotopic (exact) mass is 364 g/mol. The molecule has 0 saturated carbocycles. The average Bonchev–Trinajstić information content (AvgIpc) is 3.21. The summed E-state index contributed by atoms with van der Waals surface area (Å²) in [5.74, 6) is -0.227. The van der Waals surface area contributed by atoms with Gasteiger partial charge in [-0.1, -0.05) is 0 Å². The second-order valence-electron chi connectivity index (χ2n) is 6.90. The van der Waals surface area contributed by atoms with E-state index in [1.54, 1.807) is 4.90 Å². The molecule has 2 aromatic heterocycles. The van der Waals surface area contributed by atoms with Crippen molar-refractivity contribution in [3.63, 3.8) is 0 Å². The zero-order valence-electron chi connectivity index (χ0n) is 14.8. The van der Waals surface area contributed by atoms with Crippen LogP contribution in [0.3, 0.4) is 0 Å². The summed E-state index contributed by atoms with van der Waals surface area (Å²) in [5, 5.41) is 4.75. The highest BCUT2D eigenvalue weighted by molar-refractivity contribution is 7.90. The third-order valence-corrected chi connectivity index (χ3v) is 5.36. The Balaban J connectivity index is 1.80. The molecule has 1 aliphatic rings. The molecule has 0 radical (unpaired) electrons. The number of aromatic nitrogens is 3. The third kappa shape index (κ3) is 3.95. The van der Waals surface area contributed by atoms with Crippen LogP contribution in [-0.2, 0) is 34.3 Å². The summed E-state index contributed by atoms with van der Waals surface area (Å²) in [7, 11) is -3.14. The van der Waals surface area contributed by atoms with Crippen LogP contribution in [0.5, 0.6) is 0 Å². The van der Waals surface area contributed by atoms with Crippen molar-refractivity contribution in [2.75, 3.05) is 12.0 Å². The van der Waals surface area contributed by atoms with E-state index in [0.29, 0.717) is 19.6 Å². The number of sulfone groups is 1. The highest BCUT2D eigenvalue weighted by Crippen LogP contribution is 2.29. The fourth-order valence-corrected chi connectivity index (χ4v) is 3.69. The number of carbonyl (C=O) groups excluding carboxylic acids is 1. The molecule has 0 saturated heterocycles. The molecule has 0 N–H and O–H groups in total. The van der Waals surface area contributed by atoms with Crippen molar-refractivity contribution < 1.29 is 13.2 Å². The zero-order valence-corrected chi connectivity index (χ0v) is 15.7. The summed E-state index contributed by atoms with van der Waals surface area (Å²) >= 11 is 0. The summed E-state index contributed by atoms with van der Waals surface area (Å²) in [4.78, 5) is 14.1. The number of amides is 1. The van der Waals surface area contributed by atoms with E-state index in [-0.39, 0.29) is 24.1 Å². The lowest BCUT2D eigenvalue weighted by atomic mass is 10.2. The Morgan fingerprint density at radius 3 is 2.52 bits per heavy atom. The molecule has 2 aromatic rings. The Morgan fingerprint density at radius 2 is 1.92 bits per heavy atom. The lowest BCUT2D eigenvalue weighted by Gasteiger charge is -2.17. The van der Waals surface area contributed by atoms with E-state index in [0.717, 1.165) is 23.2 Å². The topological polar surface area (TPSA) is 77.2 Å². The fraction of sp³-hybridized carbons (Fsp3) is 0.529. The Labute approximate surface area is 148 Å². The molecule has 0 atom stereocenters. The molecular formula is C17H24N4O3S. The Morgan fingerprint density at radius 1 is 1.24 bits per heavy atom. The normalized spacial score (nSPS) is 14.3. The van der Waals surface area contributed by atoms with Crippen molar-refractivity contribution in [1.29, 1.82) is 0 Å². The highest BCUT2D eigenvalue weighted by Gasteiger charge is 2.31. The molecule has 0 bridgehead atoms. The van der Waals surface area contributed by atoms with Crippen LogP contribution in [0, 0.1) is 0 Å². The van der Waals surface area contributed by atoms with Crippen molar-refractivity contribution in [1.82, 2.24) is 19.2 Å². The van der Waals surface area contributed by atoms with Crippen molar-refractivity contribution in [3.8, 4) is 0 Å². The molecule has 0 unspecified atom stereocenters. The molecule has 25 heavy (non-hydrogen) atoms. The van der Waals surface area contributed by atoms with Crippen molar-refractivity contribution >= 4 is 15.7 Å². The zero-order chi connectivity index (χ0) is 18.2. The van der Waals surface area contributed by atoms with Crippen LogP contribution < -0.4 is 0 Å². The van der Waals surface area contributed by atoms with E-state index in [9.17, 15) is 13.2 Å². The number of fused-ring (bicyclic) bond motifs is 1. The van der Waals surface area contributed by atoms with Crippen LogP contribution in [0.25, 0.3) is 0 Å². The number of hydrogen-bond donors (Lipinski definition) is 0. The van der Waals surface area contributed by atoms with Gasteiger partial charge in [0.1, 0.15) is 9.84 Å². The molecular weight excluding hydrogens is 340 g/mol. The van der Waals surface area contributed by atoms with Gasteiger partial charge >= 0.3 is 0 Å². The van der Waals surface area contributed by atoms with Gasteiger partial charge in [-0.25, -0.2) is 8.42 Å². The molecule has 0 aromatic carbocycles. The van der Waals surface area contributed by atoms with Gasteiger partial charge in [-0.3, -0.25) is 9.48 Å². The van der Waals surface area contributed by atoms with Gasteiger partial charge in [0.05, 0.1) is 30.2 Å². The van der Waals surface area contributed by atoms with Gasteiger partial charge in [0.2, 0.25) is 5.91 Å². The lowest BCUT2D eigenvalue weighted by molar-refractivity contribution is -0.131. The Bertz CT molecular complexity index is 866. The molecule has 3 heterocycles. The van der Waals surface area contributed by atoms with E-state index in [1.807, 2.05) is 29.2 Å². The van der Waals surface area contributed by atoms with E-state index in [4.69, 9.17) is 5.10 Å². The van der Waals surface area contributed by atoms with Gasteiger partial charge in [-0.15, -0.1) is 0 Å². The van der Waals surface area contributed by atoms with E-state index in [2.05, 4.69) is 18.4 Å². The van der Waals surface area contributed by atoms with Crippen LogP contribution in [-0.4, -0.2) is 45.6 Å². The second kappa shape index (κ2) is 6.67. The number of nitrogens with zero attached hydrogens (tertiary/aromatic N) is 4. The first-order valence-electron chi connectivity index (χ1n) is 8.40. The van der Waals surface area contributed by atoms with Crippen molar-refractivity contribution in [3.05, 3.63) is 41.5 Å². The molecule has 0 aliphatic carbocycles. The summed E-state index contributed by atoms with van der Waals surface area (Å²) in [5.41, 5.74) is 3.12. The van der Waals surface area contributed by atoms with E-state index in [1.165, 1.54) is 0 Å². The first-order chi connectivity index (χ1) is 11.7. The minimum Gasteiger partial charge on any atom is -0.348 e. The van der Waals surface area contributed by atoms with Crippen LogP contribution in [0.15, 0.2) is 24.5 Å². The van der Waals surface area contributed by atoms with Gasteiger partial charge in [-0.05, 0) is 26.0 Å². The SMILES string of the molecule is CC(C)n1nc(Cn2cccc2)c2c1CN(C(=O)CCS(C)(=O)=O)C2. The predicted molar refractivity (Wildman–Crippen MR) is 94.7 cm³/mol. The second-order valence-corrected chi connectivity index (χ2v) is 9.16. The van der Waals surface area contributed by atoms with E-state index < -0.39 is 9.84 Å². The quantitative estimate of drug-likeness (QED) is 0.780. The van der Waals surface area contributed by atoms with Crippen LogP contribution in [0.1, 0.15) is 43.3 Å². The van der Waals surface area contributed by atoms with Gasteiger partial charge < -0.3 is 9.47 Å². The van der Waals surface area contributed by atoms with Crippen LogP contribution in [0.4, 0.5) is 0 Å². The van der Waals surface area contributed by atoms with Gasteiger partial charge in [0.15, 0.2) is 0 Å². The molecule has 1 aliphatic heterocycles. The smallest absolute Gasteiger partial charge is 0.224 e. The van der Waals surface area contributed by atoms with Crippen molar-refractivity contribution in [2.24, 2.45) is 0 Å². The van der Waals surface area contributed by atoms with Crippen molar-refractivity contribution in [2.45, 2.75) is 45.9 Å². The van der Waals surface area contributed by atoms with E-state index >= 15 is 0 Å². The minimum absolute atomic E-state index is 0.0329. The maximum Gasteiger partial charge on any atom is 0.224 e. The Hall–Kier alpha value is -2.09. The maximum absolute atomic E-state index is 12.4. The summed E-state index contributed by atoms with van der Waals surface area (Å²) in [6.45, 7) is 5.80. The molecule has 3 rings (SSSR count). The molecule has 7 nitrogen and oxygen atoms in total. The first kappa shape index (κ1) is 17.7. The number of carbonyl (C=O) groups is 1. The first-order valence-corrected chi connectivity index (χ1v) is 10.5. The summed E-state index contributed by atoms with van der Waals surface area (Å²) in [6.07, 6.45) is 5.17. The Kier molecular flexibility index (Phi) is 4.73. The molecule has 136 valence electrons. The summed E-state index contributed by atoms with van der Waals surface area (Å²) in [6, 6.07) is 4.15. The minimum atomic E-state index is -3.14. The molecule has 8 heteroatoms. The average molecular weight is 364 g/mol. The standard InChI is InChI=1S/C17H24N4O3S/c1-13(2)21-16-12-20(17(22)6-9-25(3,23)24)10-14(16)15(18-21)11-19-7-4-5-8-19/h4-5,7-8,13H,6,9-12H2,1-3H3. The lowest BCUT2D eigenvalue weighted by Crippen LogP contribution is -2.28. The molecule has 0 fully saturated rings. The third-order valence-electron chi connectivity index (χ3n) is 4.42. The van der Waals surface area contributed by atoms with Gasteiger partial charge in [-0.2, -0.15) is 5.10 Å². The van der Waals surface area contributed by atoms with Gasteiger partial charge in [0.25, 0.3) is 0 Å². The largest absolute Gasteiger partial charge is 0.348 e. The summed E-state index contributed by atoms with van der Waals surface area (Å²) < 4.78 is 26.7. The highest BCUT2D eigenvalue weighted by atomic mass is 32.2. The van der Waals surface area contributed by atoms with Crippen LogP contribution in [0.2, 0.25) is 0 Å². The number of rotatable bonds is 6. The number of hydrogen-bond acceptors (Lipinski definition) is 4. The van der Waals surface area contributed by atoms with Gasteiger partial charge in [0, 0.05) is 43.2 Å². The predicted octanol–water partition coefficient (Wildman–Crippen LogP) is 1.59. The fourth-order valence-electron chi connectivity index (χ4n) is 3.14. The maximum atomic E-state index is 12.4. The molecule has 1 amide bonds. The molecule has 0 spiro atoms. The van der Waals surface area contributed by atoms with Crippen LogP contribution >= 0.6 is 0 Å².